The van der Waals surface area contributed by atoms with E-state index >= 15 is 0 Å². The molecule has 0 saturated carbocycles. The molecule has 94 valence electrons. The third-order valence-electron chi connectivity index (χ3n) is 3.12. The fourth-order valence-electron chi connectivity index (χ4n) is 1.94. The Hall–Kier alpha value is -1.88. The highest BCUT2D eigenvalue weighted by Crippen LogP contribution is 2.16. The SMILES string of the molecule is O=C(OCC[C@@H]1CCO1)c1ccc2[nH]cnc2c1. The number of hydrogen-bond donors (Lipinski definition) is 1. The third kappa shape index (κ3) is 2.22. The van der Waals surface area contributed by atoms with Gasteiger partial charge in [-0.05, 0) is 24.6 Å². The van der Waals surface area contributed by atoms with Gasteiger partial charge in [0.25, 0.3) is 0 Å². The zero-order valence-corrected chi connectivity index (χ0v) is 9.89. The summed E-state index contributed by atoms with van der Waals surface area (Å²) < 4.78 is 10.5. The van der Waals surface area contributed by atoms with E-state index in [1.807, 2.05) is 6.07 Å². The summed E-state index contributed by atoms with van der Waals surface area (Å²) in [6.07, 6.45) is 3.72. The van der Waals surface area contributed by atoms with Crippen LogP contribution in [0.3, 0.4) is 0 Å². The number of esters is 1. The van der Waals surface area contributed by atoms with Gasteiger partial charge in [0.2, 0.25) is 0 Å². The van der Waals surface area contributed by atoms with Crippen LogP contribution in [0.15, 0.2) is 24.5 Å². The lowest BCUT2D eigenvalue weighted by Gasteiger charge is -2.25. The maximum absolute atomic E-state index is 11.8. The average Bonchev–Trinajstić information content (AvgIpc) is 2.79. The number of aromatic amines is 1. The minimum atomic E-state index is -0.306. The van der Waals surface area contributed by atoms with Crippen molar-refractivity contribution in [3.63, 3.8) is 0 Å². The van der Waals surface area contributed by atoms with Gasteiger partial charge in [0.05, 0.1) is 35.6 Å². The first-order valence-electron chi connectivity index (χ1n) is 6.05. The van der Waals surface area contributed by atoms with Crippen LogP contribution in [0.1, 0.15) is 23.2 Å². The van der Waals surface area contributed by atoms with Crippen molar-refractivity contribution in [1.29, 1.82) is 0 Å². The molecule has 0 amide bonds. The molecule has 0 spiro atoms. The van der Waals surface area contributed by atoms with Crippen LogP contribution in [0.2, 0.25) is 0 Å². The van der Waals surface area contributed by atoms with E-state index in [-0.39, 0.29) is 12.1 Å². The molecule has 1 aromatic heterocycles. The smallest absolute Gasteiger partial charge is 0.338 e. The minimum absolute atomic E-state index is 0.270. The second-order valence-corrected chi connectivity index (χ2v) is 4.34. The van der Waals surface area contributed by atoms with Gasteiger partial charge in [-0.15, -0.1) is 0 Å². The van der Waals surface area contributed by atoms with E-state index in [1.165, 1.54) is 0 Å². The Labute approximate surface area is 104 Å². The Bertz CT molecular complexity index is 560. The molecule has 5 heteroatoms. The molecule has 0 bridgehead atoms. The van der Waals surface area contributed by atoms with Gasteiger partial charge in [-0.3, -0.25) is 0 Å². The maximum Gasteiger partial charge on any atom is 0.338 e. The van der Waals surface area contributed by atoms with Crippen LogP contribution >= 0.6 is 0 Å². The monoisotopic (exact) mass is 246 g/mol. The van der Waals surface area contributed by atoms with Gasteiger partial charge in [-0.2, -0.15) is 0 Å². The molecule has 18 heavy (non-hydrogen) atoms. The molecule has 0 radical (unpaired) electrons. The Morgan fingerprint density at radius 1 is 1.56 bits per heavy atom. The van der Waals surface area contributed by atoms with Crippen molar-refractivity contribution in [2.45, 2.75) is 18.9 Å². The standard InChI is InChI=1S/C13H14N2O3/c16-13(18-6-4-10-3-5-17-10)9-1-2-11-12(7-9)15-8-14-11/h1-2,7-8,10H,3-6H2,(H,14,15)/t10-/m0/s1. The van der Waals surface area contributed by atoms with Gasteiger partial charge >= 0.3 is 5.97 Å². The van der Waals surface area contributed by atoms with Crippen molar-refractivity contribution in [3.8, 4) is 0 Å². The van der Waals surface area contributed by atoms with Gasteiger partial charge in [-0.1, -0.05) is 0 Å². The van der Waals surface area contributed by atoms with Gasteiger partial charge in [0.15, 0.2) is 0 Å². The Morgan fingerprint density at radius 2 is 2.44 bits per heavy atom. The number of fused-ring (bicyclic) bond motifs is 1. The van der Waals surface area contributed by atoms with Crippen molar-refractivity contribution < 1.29 is 14.3 Å². The predicted molar refractivity (Wildman–Crippen MR) is 65.4 cm³/mol. The number of imidazole rings is 1. The summed E-state index contributed by atoms with van der Waals surface area (Å²) in [6.45, 7) is 1.23. The Morgan fingerprint density at radius 3 is 3.22 bits per heavy atom. The fraction of sp³-hybridized carbons (Fsp3) is 0.385. The first kappa shape index (κ1) is 11.2. The largest absolute Gasteiger partial charge is 0.462 e. The number of nitrogens with zero attached hydrogens (tertiary/aromatic N) is 1. The molecular weight excluding hydrogens is 232 g/mol. The number of hydrogen-bond acceptors (Lipinski definition) is 4. The third-order valence-corrected chi connectivity index (χ3v) is 3.12. The summed E-state index contributed by atoms with van der Waals surface area (Å²) >= 11 is 0. The Kier molecular flexibility index (Phi) is 2.98. The number of aromatic nitrogens is 2. The second kappa shape index (κ2) is 4.78. The molecule has 1 N–H and O–H groups in total. The van der Waals surface area contributed by atoms with Crippen LogP contribution in [0, 0.1) is 0 Å². The van der Waals surface area contributed by atoms with Crippen molar-refractivity contribution in [2.24, 2.45) is 0 Å². The summed E-state index contributed by atoms with van der Waals surface area (Å²) in [7, 11) is 0. The molecule has 0 unspecified atom stereocenters. The van der Waals surface area contributed by atoms with Crippen LogP contribution in [0.4, 0.5) is 0 Å². The van der Waals surface area contributed by atoms with E-state index in [1.54, 1.807) is 18.5 Å². The molecule has 3 rings (SSSR count). The van der Waals surface area contributed by atoms with E-state index in [4.69, 9.17) is 9.47 Å². The summed E-state index contributed by atoms with van der Waals surface area (Å²) in [5, 5.41) is 0. The lowest BCUT2D eigenvalue weighted by atomic mass is 10.1. The zero-order chi connectivity index (χ0) is 12.4. The van der Waals surface area contributed by atoms with Crippen LogP contribution < -0.4 is 0 Å². The summed E-state index contributed by atoms with van der Waals surface area (Å²) in [6, 6.07) is 5.30. The highest BCUT2D eigenvalue weighted by atomic mass is 16.5. The van der Waals surface area contributed by atoms with Gasteiger partial charge in [-0.25, -0.2) is 9.78 Å². The molecule has 1 aromatic carbocycles. The highest BCUT2D eigenvalue weighted by Gasteiger charge is 2.18. The van der Waals surface area contributed by atoms with E-state index in [0.29, 0.717) is 12.2 Å². The van der Waals surface area contributed by atoms with Gasteiger partial charge in [0, 0.05) is 13.0 Å². The molecule has 1 fully saturated rings. The number of benzene rings is 1. The van der Waals surface area contributed by atoms with Crippen molar-refractivity contribution >= 4 is 17.0 Å². The number of ether oxygens (including phenoxy) is 2. The molecule has 0 aliphatic carbocycles. The first-order chi connectivity index (χ1) is 8.83. The number of carbonyl (C=O) groups excluding carboxylic acids is 1. The molecule has 1 aliphatic rings. The van der Waals surface area contributed by atoms with Gasteiger partial charge in [0.1, 0.15) is 0 Å². The lowest BCUT2D eigenvalue weighted by molar-refractivity contribution is -0.0628. The number of H-pyrrole nitrogens is 1. The van der Waals surface area contributed by atoms with E-state index < -0.39 is 0 Å². The molecule has 1 aliphatic heterocycles. The molecule has 5 nitrogen and oxygen atoms in total. The van der Waals surface area contributed by atoms with E-state index in [2.05, 4.69) is 9.97 Å². The molecule has 2 aromatic rings. The van der Waals surface area contributed by atoms with E-state index in [0.717, 1.165) is 30.5 Å². The molecule has 1 atom stereocenters. The summed E-state index contributed by atoms with van der Waals surface area (Å²) in [4.78, 5) is 18.9. The normalized spacial score (nSPS) is 18.6. The van der Waals surface area contributed by atoms with Gasteiger partial charge < -0.3 is 14.5 Å². The first-order valence-corrected chi connectivity index (χ1v) is 6.05. The van der Waals surface area contributed by atoms with Crippen LogP contribution in [-0.4, -0.2) is 35.3 Å². The van der Waals surface area contributed by atoms with Crippen LogP contribution in [0.5, 0.6) is 0 Å². The Balaban J connectivity index is 1.60. The van der Waals surface area contributed by atoms with Crippen molar-refractivity contribution in [1.82, 2.24) is 9.97 Å². The van der Waals surface area contributed by atoms with Crippen molar-refractivity contribution in [3.05, 3.63) is 30.1 Å². The summed E-state index contributed by atoms with van der Waals surface area (Å²) in [5.74, 6) is -0.306. The second-order valence-electron chi connectivity index (χ2n) is 4.34. The quantitative estimate of drug-likeness (QED) is 0.837. The number of carbonyl (C=O) groups is 1. The number of rotatable bonds is 4. The maximum atomic E-state index is 11.8. The summed E-state index contributed by atoms with van der Waals surface area (Å²) in [5.41, 5.74) is 2.21. The lowest BCUT2D eigenvalue weighted by Crippen LogP contribution is -2.28. The average molecular weight is 246 g/mol. The van der Waals surface area contributed by atoms with Crippen LogP contribution in [-0.2, 0) is 9.47 Å². The molecule has 2 heterocycles. The number of nitrogens with one attached hydrogen (secondary N) is 1. The predicted octanol–water partition coefficient (Wildman–Crippen LogP) is 1.90. The van der Waals surface area contributed by atoms with E-state index in [9.17, 15) is 4.79 Å². The topological polar surface area (TPSA) is 64.2 Å². The fourth-order valence-corrected chi connectivity index (χ4v) is 1.94. The molecule has 1 saturated heterocycles. The van der Waals surface area contributed by atoms with Crippen LogP contribution in [0.25, 0.3) is 11.0 Å². The highest BCUT2D eigenvalue weighted by molar-refractivity contribution is 5.93. The minimum Gasteiger partial charge on any atom is -0.462 e. The van der Waals surface area contributed by atoms with Crippen molar-refractivity contribution in [2.75, 3.05) is 13.2 Å². The molecular formula is C13H14N2O3. The zero-order valence-electron chi connectivity index (χ0n) is 9.89.